The van der Waals surface area contributed by atoms with E-state index in [0.29, 0.717) is 5.92 Å². The average Bonchev–Trinajstić information content (AvgIpc) is 2.32. The summed E-state index contributed by atoms with van der Waals surface area (Å²) in [6.07, 6.45) is 3.99. The second-order valence-corrected chi connectivity index (χ2v) is 5.86. The van der Waals surface area contributed by atoms with Gasteiger partial charge in [-0.2, -0.15) is 0 Å². The Morgan fingerprint density at radius 3 is 2.59 bits per heavy atom. The first-order chi connectivity index (χ1) is 8.08. The van der Waals surface area contributed by atoms with E-state index in [1.807, 2.05) is 0 Å². The van der Waals surface area contributed by atoms with Crippen molar-refractivity contribution in [2.24, 2.45) is 17.8 Å². The summed E-state index contributed by atoms with van der Waals surface area (Å²) in [5.41, 5.74) is 4.03. The minimum Gasteiger partial charge on any atom is -0.0950 e. The van der Waals surface area contributed by atoms with Gasteiger partial charge in [-0.3, -0.25) is 0 Å². The largest absolute Gasteiger partial charge is 0.0950 e. The summed E-state index contributed by atoms with van der Waals surface area (Å²) in [7, 11) is 0. The third kappa shape index (κ3) is 2.80. The summed E-state index contributed by atoms with van der Waals surface area (Å²) in [5, 5.41) is 0. The van der Waals surface area contributed by atoms with E-state index in [1.165, 1.54) is 36.0 Å². The van der Waals surface area contributed by atoms with Gasteiger partial charge in [0.2, 0.25) is 0 Å². The van der Waals surface area contributed by atoms with Gasteiger partial charge in [-0.25, -0.2) is 0 Å². The van der Waals surface area contributed by atoms with Crippen molar-refractivity contribution in [2.75, 3.05) is 0 Å². The van der Waals surface area contributed by atoms with Gasteiger partial charge in [-0.15, -0.1) is 0 Å². The van der Waals surface area contributed by atoms with Crippen LogP contribution >= 0.6 is 0 Å². The lowest BCUT2D eigenvalue weighted by Crippen LogP contribution is -2.21. The lowest BCUT2D eigenvalue weighted by molar-refractivity contribution is 0.242. The molecule has 0 nitrogen and oxygen atoms in total. The molecule has 0 aliphatic heterocycles. The van der Waals surface area contributed by atoms with Crippen LogP contribution in [0.5, 0.6) is 0 Å². The molecule has 3 unspecified atom stereocenters. The summed E-state index contributed by atoms with van der Waals surface area (Å²) in [4.78, 5) is 0. The Bertz CT molecular complexity index is 402. The molecule has 1 aliphatic carbocycles. The molecule has 0 saturated heterocycles. The molecular weight excluding hydrogens is 204 g/mol. The van der Waals surface area contributed by atoms with Crippen LogP contribution in [0.4, 0.5) is 0 Å². The van der Waals surface area contributed by atoms with Gasteiger partial charge >= 0.3 is 0 Å². The van der Waals surface area contributed by atoms with E-state index in [4.69, 9.17) is 0 Å². The third-order valence-electron chi connectivity index (χ3n) is 4.48. The quantitative estimate of drug-likeness (QED) is 0.662. The molecule has 1 saturated carbocycles. The highest BCUT2D eigenvalue weighted by molar-refractivity contribution is 5.65. The zero-order valence-corrected chi connectivity index (χ0v) is 11.4. The number of hydrogen-bond acceptors (Lipinski definition) is 0. The Morgan fingerprint density at radius 1 is 1.18 bits per heavy atom. The van der Waals surface area contributed by atoms with Crippen LogP contribution < -0.4 is 0 Å². The second kappa shape index (κ2) is 5.08. The van der Waals surface area contributed by atoms with E-state index in [9.17, 15) is 0 Å². The van der Waals surface area contributed by atoms with Gasteiger partial charge in [0.05, 0.1) is 0 Å². The van der Waals surface area contributed by atoms with Crippen LogP contribution in [0, 0.1) is 24.7 Å². The fourth-order valence-corrected chi connectivity index (χ4v) is 2.94. The molecule has 1 fully saturated rings. The van der Waals surface area contributed by atoms with E-state index in [0.717, 1.165) is 11.8 Å². The van der Waals surface area contributed by atoms with Crippen molar-refractivity contribution in [1.82, 2.24) is 0 Å². The summed E-state index contributed by atoms with van der Waals surface area (Å²) >= 11 is 0. The Morgan fingerprint density at radius 2 is 1.94 bits per heavy atom. The third-order valence-corrected chi connectivity index (χ3v) is 4.48. The van der Waals surface area contributed by atoms with Gasteiger partial charge in [0, 0.05) is 0 Å². The van der Waals surface area contributed by atoms with Crippen molar-refractivity contribution in [1.29, 1.82) is 0 Å². The Balaban J connectivity index is 2.10. The average molecular weight is 228 g/mol. The fourth-order valence-electron chi connectivity index (χ4n) is 2.94. The van der Waals surface area contributed by atoms with Gasteiger partial charge in [0.15, 0.2) is 0 Å². The van der Waals surface area contributed by atoms with Gasteiger partial charge in [-0.1, -0.05) is 50.3 Å². The molecule has 1 aromatic rings. The van der Waals surface area contributed by atoms with E-state index in [1.54, 1.807) is 0 Å². The monoisotopic (exact) mass is 228 g/mol. The molecule has 1 aliphatic rings. The number of rotatable bonds is 2. The van der Waals surface area contributed by atoms with Crippen molar-refractivity contribution in [3.63, 3.8) is 0 Å². The van der Waals surface area contributed by atoms with Crippen molar-refractivity contribution >= 4 is 5.57 Å². The van der Waals surface area contributed by atoms with Crippen molar-refractivity contribution < 1.29 is 0 Å². The maximum atomic E-state index is 4.35. The molecule has 0 heteroatoms. The first kappa shape index (κ1) is 12.4. The zero-order valence-electron chi connectivity index (χ0n) is 11.4. The molecule has 17 heavy (non-hydrogen) atoms. The Hall–Kier alpha value is -1.04. The zero-order chi connectivity index (χ0) is 12.4. The van der Waals surface area contributed by atoms with Crippen LogP contribution in [0.1, 0.15) is 44.2 Å². The lowest BCUT2D eigenvalue weighted by Gasteiger charge is -2.33. The maximum Gasteiger partial charge on any atom is -0.0159 e. The summed E-state index contributed by atoms with van der Waals surface area (Å²) < 4.78 is 0. The highest BCUT2D eigenvalue weighted by atomic mass is 14.3. The molecule has 0 amide bonds. The van der Waals surface area contributed by atoms with Crippen LogP contribution in [-0.4, -0.2) is 0 Å². The topological polar surface area (TPSA) is 0 Å². The van der Waals surface area contributed by atoms with E-state index in [-0.39, 0.29) is 0 Å². The number of aryl methyl sites for hydroxylation is 1. The van der Waals surface area contributed by atoms with Gasteiger partial charge < -0.3 is 0 Å². The summed E-state index contributed by atoms with van der Waals surface area (Å²) in [6.45, 7) is 11.3. The van der Waals surface area contributed by atoms with Gasteiger partial charge in [-0.05, 0) is 55.1 Å². The summed E-state index contributed by atoms with van der Waals surface area (Å²) in [5.74, 6) is 2.43. The number of allylic oxidation sites excluding steroid dienone is 1. The predicted octanol–water partition coefficient (Wildman–Crippen LogP) is 5.08. The smallest absolute Gasteiger partial charge is 0.0159 e. The molecule has 92 valence electrons. The highest BCUT2D eigenvalue weighted by Crippen LogP contribution is 2.39. The predicted molar refractivity (Wildman–Crippen MR) is 75.9 cm³/mol. The van der Waals surface area contributed by atoms with Crippen LogP contribution in [0.2, 0.25) is 0 Å². The first-order valence-electron chi connectivity index (χ1n) is 6.83. The second-order valence-electron chi connectivity index (χ2n) is 5.86. The normalized spacial score (nSPS) is 29.0. The fraction of sp³-hybridized carbons (Fsp3) is 0.529. The van der Waals surface area contributed by atoms with Crippen LogP contribution in [0.3, 0.4) is 0 Å². The highest BCUT2D eigenvalue weighted by Gasteiger charge is 2.26. The minimum absolute atomic E-state index is 0.697. The van der Waals surface area contributed by atoms with E-state index in [2.05, 4.69) is 51.6 Å². The van der Waals surface area contributed by atoms with Gasteiger partial charge in [0.1, 0.15) is 0 Å². The lowest BCUT2D eigenvalue weighted by atomic mass is 9.72. The molecular formula is C17H24. The molecule has 0 radical (unpaired) electrons. The van der Waals surface area contributed by atoms with Crippen molar-refractivity contribution in [3.8, 4) is 0 Å². The standard InChI is InChI=1S/C17H24/c1-12-6-5-7-16(10-12)15(4)17-9-8-13(2)14(3)11-17/h5-7,10,13-14,17H,4,8-9,11H2,1-3H3. The Kier molecular flexibility index (Phi) is 3.71. The number of benzene rings is 1. The van der Waals surface area contributed by atoms with Crippen LogP contribution in [-0.2, 0) is 0 Å². The maximum absolute atomic E-state index is 4.35. The van der Waals surface area contributed by atoms with Gasteiger partial charge in [0.25, 0.3) is 0 Å². The molecule has 0 bridgehead atoms. The van der Waals surface area contributed by atoms with Crippen molar-refractivity contribution in [2.45, 2.75) is 40.0 Å². The van der Waals surface area contributed by atoms with E-state index >= 15 is 0 Å². The SMILES string of the molecule is C=C(c1cccc(C)c1)C1CCC(C)C(C)C1. The van der Waals surface area contributed by atoms with Crippen molar-refractivity contribution in [3.05, 3.63) is 42.0 Å². The first-order valence-corrected chi connectivity index (χ1v) is 6.83. The minimum atomic E-state index is 0.697. The molecule has 0 heterocycles. The Labute approximate surface area is 106 Å². The van der Waals surface area contributed by atoms with Crippen LogP contribution in [0.15, 0.2) is 30.8 Å². The van der Waals surface area contributed by atoms with E-state index < -0.39 is 0 Å². The molecule has 1 aromatic carbocycles. The molecule has 0 aromatic heterocycles. The molecule has 0 N–H and O–H groups in total. The summed E-state index contributed by atoms with van der Waals surface area (Å²) in [6, 6.07) is 8.77. The molecule has 2 rings (SSSR count). The molecule has 3 atom stereocenters. The van der Waals surface area contributed by atoms with Crippen LogP contribution in [0.25, 0.3) is 5.57 Å². The molecule has 0 spiro atoms. The number of hydrogen-bond donors (Lipinski definition) is 0.